The smallest absolute Gasteiger partial charge is 0.225 e. The summed E-state index contributed by atoms with van der Waals surface area (Å²) < 4.78 is 1.62. The van der Waals surface area contributed by atoms with E-state index in [2.05, 4.69) is 27.5 Å². The van der Waals surface area contributed by atoms with Crippen LogP contribution in [0.4, 0.5) is 11.8 Å². The van der Waals surface area contributed by atoms with Gasteiger partial charge in [-0.1, -0.05) is 54.1 Å². The number of aromatic nitrogens is 4. The summed E-state index contributed by atoms with van der Waals surface area (Å²) in [5.41, 5.74) is 9.68. The minimum Gasteiger partial charge on any atom is -0.383 e. The van der Waals surface area contributed by atoms with Crippen molar-refractivity contribution in [2.75, 3.05) is 17.6 Å². The average Bonchev–Trinajstić information content (AvgIpc) is 2.97. The van der Waals surface area contributed by atoms with Gasteiger partial charge in [0.1, 0.15) is 5.82 Å². The standard InChI is InChI=1S/C20H19ClN6/c1-27-18(22)16-17(14-7-9-15(21)10-8-14)24-20(25-19(16)26-27)23-12-11-13-5-3-2-4-6-13/h2-10H,11-12,22H2,1H3,(H,23,25,26). The summed E-state index contributed by atoms with van der Waals surface area (Å²) >= 11 is 6.02. The molecule has 6 nitrogen and oxygen atoms in total. The topological polar surface area (TPSA) is 81.7 Å². The van der Waals surface area contributed by atoms with Crippen LogP contribution >= 0.6 is 11.6 Å². The quantitative estimate of drug-likeness (QED) is 0.550. The molecular weight excluding hydrogens is 360 g/mol. The fourth-order valence-corrected chi connectivity index (χ4v) is 3.10. The number of halogens is 1. The molecule has 2 heterocycles. The van der Waals surface area contributed by atoms with Crippen molar-refractivity contribution in [1.29, 1.82) is 0 Å². The predicted molar refractivity (Wildman–Crippen MR) is 110 cm³/mol. The highest BCUT2D eigenvalue weighted by Gasteiger charge is 2.17. The first kappa shape index (κ1) is 17.3. The second-order valence-electron chi connectivity index (χ2n) is 6.27. The van der Waals surface area contributed by atoms with Gasteiger partial charge >= 0.3 is 0 Å². The molecule has 0 aliphatic rings. The molecule has 0 saturated heterocycles. The van der Waals surface area contributed by atoms with Crippen LogP contribution in [0.15, 0.2) is 54.6 Å². The van der Waals surface area contributed by atoms with Gasteiger partial charge in [0.05, 0.1) is 11.1 Å². The molecule has 0 bridgehead atoms. The van der Waals surface area contributed by atoms with E-state index in [9.17, 15) is 0 Å². The summed E-state index contributed by atoms with van der Waals surface area (Å²) in [5, 5.41) is 9.13. The molecule has 0 amide bonds. The Hall–Kier alpha value is -3.12. The third kappa shape index (κ3) is 3.57. The van der Waals surface area contributed by atoms with Gasteiger partial charge in [0.25, 0.3) is 0 Å². The van der Waals surface area contributed by atoms with Crippen molar-refractivity contribution < 1.29 is 0 Å². The van der Waals surface area contributed by atoms with Crippen LogP contribution in [-0.4, -0.2) is 26.3 Å². The predicted octanol–water partition coefficient (Wildman–Crippen LogP) is 3.92. The number of aryl methyl sites for hydroxylation is 1. The van der Waals surface area contributed by atoms with Gasteiger partial charge in [-0.3, -0.25) is 4.68 Å². The van der Waals surface area contributed by atoms with Crippen molar-refractivity contribution in [3.63, 3.8) is 0 Å². The maximum atomic E-state index is 6.21. The number of rotatable bonds is 5. The number of hydrogen-bond donors (Lipinski definition) is 2. The van der Waals surface area contributed by atoms with Crippen molar-refractivity contribution in [1.82, 2.24) is 19.7 Å². The number of nitrogens with two attached hydrogens (primary N) is 1. The largest absolute Gasteiger partial charge is 0.383 e. The molecule has 136 valence electrons. The van der Waals surface area contributed by atoms with E-state index in [-0.39, 0.29) is 0 Å². The lowest BCUT2D eigenvalue weighted by molar-refractivity contribution is 0.787. The minimum atomic E-state index is 0.529. The zero-order valence-electron chi connectivity index (χ0n) is 14.9. The summed E-state index contributed by atoms with van der Waals surface area (Å²) in [6.07, 6.45) is 0.878. The van der Waals surface area contributed by atoms with Gasteiger partial charge in [-0.05, 0) is 24.1 Å². The lowest BCUT2D eigenvalue weighted by Gasteiger charge is -2.09. The van der Waals surface area contributed by atoms with Gasteiger partial charge in [0, 0.05) is 24.2 Å². The maximum Gasteiger partial charge on any atom is 0.225 e. The number of nitrogens with zero attached hydrogens (tertiary/aromatic N) is 4. The monoisotopic (exact) mass is 378 g/mol. The normalized spacial score (nSPS) is 11.0. The Kier molecular flexibility index (Phi) is 4.64. The Bertz CT molecular complexity index is 1070. The van der Waals surface area contributed by atoms with E-state index in [1.54, 1.807) is 11.7 Å². The first-order valence-corrected chi connectivity index (χ1v) is 9.03. The highest BCUT2D eigenvalue weighted by atomic mass is 35.5. The van der Waals surface area contributed by atoms with E-state index in [4.69, 9.17) is 22.3 Å². The molecule has 0 unspecified atom stereocenters. The number of nitrogen functional groups attached to an aromatic ring is 1. The Morgan fingerprint density at radius 2 is 1.78 bits per heavy atom. The van der Waals surface area contributed by atoms with Crippen LogP contribution in [0.5, 0.6) is 0 Å². The van der Waals surface area contributed by atoms with Crippen molar-refractivity contribution in [3.8, 4) is 11.3 Å². The van der Waals surface area contributed by atoms with E-state index in [1.165, 1.54) is 5.56 Å². The Morgan fingerprint density at radius 3 is 2.52 bits per heavy atom. The second-order valence-corrected chi connectivity index (χ2v) is 6.71. The molecule has 2 aromatic heterocycles. The summed E-state index contributed by atoms with van der Waals surface area (Å²) in [5.74, 6) is 1.06. The zero-order valence-corrected chi connectivity index (χ0v) is 15.6. The second kappa shape index (κ2) is 7.25. The van der Waals surface area contributed by atoms with Crippen LogP contribution in [0.3, 0.4) is 0 Å². The molecule has 27 heavy (non-hydrogen) atoms. The number of nitrogens with one attached hydrogen (secondary N) is 1. The maximum absolute atomic E-state index is 6.21. The van der Waals surface area contributed by atoms with Gasteiger partial charge in [0.15, 0.2) is 5.65 Å². The molecule has 7 heteroatoms. The van der Waals surface area contributed by atoms with Gasteiger partial charge in [0.2, 0.25) is 5.95 Å². The van der Waals surface area contributed by atoms with Gasteiger partial charge in [-0.15, -0.1) is 0 Å². The van der Waals surface area contributed by atoms with Crippen molar-refractivity contribution in [2.24, 2.45) is 7.05 Å². The molecule has 0 aliphatic carbocycles. The molecule has 4 aromatic rings. The van der Waals surface area contributed by atoms with Crippen LogP contribution in [-0.2, 0) is 13.5 Å². The number of anilines is 2. The number of hydrogen-bond acceptors (Lipinski definition) is 5. The van der Waals surface area contributed by atoms with E-state index < -0.39 is 0 Å². The van der Waals surface area contributed by atoms with Crippen molar-refractivity contribution in [2.45, 2.75) is 6.42 Å². The van der Waals surface area contributed by atoms with Gasteiger partial charge in [-0.2, -0.15) is 10.1 Å². The molecule has 2 aromatic carbocycles. The zero-order chi connectivity index (χ0) is 18.8. The molecule has 0 saturated carbocycles. The molecule has 0 radical (unpaired) electrons. The fraction of sp³-hybridized carbons (Fsp3) is 0.150. The van der Waals surface area contributed by atoms with E-state index in [0.29, 0.717) is 22.4 Å². The summed E-state index contributed by atoms with van der Waals surface area (Å²) in [4.78, 5) is 9.24. The van der Waals surface area contributed by atoms with Crippen LogP contribution < -0.4 is 11.1 Å². The molecule has 0 aliphatic heterocycles. The molecular formula is C20H19ClN6. The molecule has 0 atom stereocenters. The van der Waals surface area contributed by atoms with E-state index in [1.807, 2.05) is 42.5 Å². The van der Waals surface area contributed by atoms with Crippen LogP contribution in [0.2, 0.25) is 5.02 Å². The minimum absolute atomic E-state index is 0.529. The molecule has 0 fully saturated rings. The van der Waals surface area contributed by atoms with Crippen molar-refractivity contribution >= 4 is 34.4 Å². The lowest BCUT2D eigenvalue weighted by Crippen LogP contribution is -2.08. The molecule has 4 rings (SSSR count). The Labute approximate surface area is 162 Å². The van der Waals surface area contributed by atoms with Crippen LogP contribution in [0, 0.1) is 0 Å². The van der Waals surface area contributed by atoms with E-state index in [0.717, 1.165) is 29.6 Å². The highest BCUT2D eigenvalue weighted by molar-refractivity contribution is 6.30. The Balaban J connectivity index is 1.68. The average molecular weight is 379 g/mol. The lowest BCUT2D eigenvalue weighted by atomic mass is 10.1. The molecule has 3 N–H and O–H groups in total. The third-order valence-electron chi connectivity index (χ3n) is 4.40. The van der Waals surface area contributed by atoms with Crippen LogP contribution in [0.25, 0.3) is 22.3 Å². The van der Waals surface area contributed by atoms with Gasteiger partial charge in [-0.25, -0.2) is 4.98 Å². The third-order valence-corrected chi connectivity index (χ3v) is 4.65. The van der Waals surface area contributed by atoms with Gasteiger partial charge < -0.3 is 11.1 Å². The fourth-order valence-electron chi connectivity index (χ4n) is 2.97. The molecule has 0 spiro atoms. The summed E-state index contributed by atoms with van der Waals surface area (Å²) in [6, 6.07) is 17.8. The summed E-state index contributed by atoms with van der Waals surface area (Å²) in [7, 11) is 1.80. The first-order chi connectivity index (χ1) is 13.1. The van der Waals surface area contributed by atoms with E-state index >= 15 is 0 Å². The van der Waals surface area contributed by atoms with Crippen molar-refractivity contribution in [3.05, 3.63) is 65.2 Å². The summed E-state index contributed by atoms with van der Waals surface area (Å²) in [6.45, 7) is 0.720. The Morgan fingerprint density at radius 1 is 1.04 bits per heavy atom. The number of fused-ring (bicyclic) bond motifs is 1. The van der Waals surface area contributed by atoms with Crippen LogP contribution in [0.1, 0.15) is 5.56 Å². The first-order valence-electron chi connectivity index (χ1n) is 8.66. The highest BCUT2D eigenvalue weighted by Crippen LogP contribution is 2.31. The number of benzene rings is 2. The SMILES string of the molecule is Cn1nc2nc(NCCc3ccccc3)nc(-c3ccc(Cl)cc3)c2c1N.